The average Bonchev–Trinajstić information content (AvgIpc) is 3.15. The maximum atomic E-state index is 12.5. The first-order chi connectivity index (χ1) is 11.0. The van der Waals surface area contributed by atoms with Crippen LogP contribution < -0.4 is 5.73 Å². The number of likely N-dealkylation sites (N-methyl/N-ethyl adjacent to an activating group) is 1. The smallest absolute Gasteiger partial charge is 0.255 e. The van der Waals surface area contributed by atoms with Crippen molar-refractivity contribution < 1.29 is 4.79 Å². The molecule has 0 aromatic carbocycles. The van der Waals surface area contributed by atoms with Gasteiger partial charge in [-0.3, -0.25) is 9.69 Å². The molecule has 1 amide bonds. The van der Waals surface area contributed by atoms with E-state index in [-0.39, 0.29) is 5.91 Å². The Kier molecular flexibility index (Phi) is 4.29. The highest BCUT2D eigenvalue weighted by atomic mass is 16.2. The van der Waals surface area contributed by atoms with Gasteiger partial charge in [0.1, 0.15) is 11.6 Å². The SMILES string of the molecule is CN(Cc1nccc(N)n1)C1CCN(C(=O)c2ccn(C)c2)C1. The van der Waals surface area contributed by atoms with Gasteiger partial charge in [-0.1, -0.05) is 0 Å². The second kappa shape index (κ2) is 6.37. The van der Waals surface area contributed by atoms with Crippen molar-refractivity contribution in [3.8, 4) is 0 Å². The minimum atomic E-state index is 0.0988. The third-order valence-corrected chi connectivity index (χ3v) is 4.27. The van der Waals surface area contributed by atoms with Crippen molar-refractivity contribution in [3.05, 3.63) is 42.1 Å². The van der Waals surface area contributed by atoms with E-state index in [2.05, 4.69) is 14.9 Å². The number of nitrogens with zero attached hydrogens (tertiary/aromatic N) is 5. The number of amides is 1. The molecule has 7 heteroatoms. The first kappa shape index (κ1) is 15.5. The van der Waals surface area contributed by atoms with Crippen molar-refractivity contribution in [1.29, 1.82) is 0 Å². The van der Waals surface area contributed by atoms with Crippen molar-refractivity contribution >= 4 is 11.7 Å². The predicted molar refractivity (Wildman–Crippen MR) is 87.6 cm³/mol. The molecule has 2 N–H and O–H groups in total. The van der Waals surface area contributed by atoms with Gasteiger partial charge in [0.25, 0.3) is 5.91 Å². The van der Waals surface area contributed by atoms with Crippen molar-refractivity contribution in [3.63, 3.8) is 0 Å². The van der Waals surface area contributed by atoms with Crippen LogP contribution in [0.4, 0.5) is 5.82 Å². The number of nitrogens with two attached hydrogens (primary N) is 1. The van der Waals surface area contributed by atoms with E-state index in [1.165, 1.54) is 0 Å². The number of nitrogen functional groups attached to an aromatic ring is 1. The van der Waals surface area contributed by atoms with Crippen LogP contribution in [0.15, 0.2) is 30.7 Å². The predicted octanol–water partition coefficient (Wildman–Crippen LogP) is 0.744. The van der Waals surface area contributed by atoms with Crippen LogP contribution in [0.3, 0.4) is 0 Å². The molecule has 7 nitrogen and oxygen atoms in total. The Bertz CT molecular complexity index is 697. The van der Waals surface area contributed by atoms with Crippen LogP contribution in [0.2, 0.25) is 0 Å². The van der Waals surface area contributed by atoms with E-state index in [4.69, 9.17) is 5.73 Å². The monoisotopic (exact) mass is 314 g/mol. The molecule has 1 saturated heterocycles. The minimum Gasteiger partial charge on any atom is -0.384 e. The summed E-state index contributed by atoms with van der Waals surface area (Å²) >= 11 is 0. The second-order valence-corrected chi connectivity index (χ2v) is 6.07. The molecule has 1 unspecified atom stereocenters. The molecule has 1 atom stereocenters. The Hall–Kier alpha value is -2.41. The molecule has 0 radical (unpaired) electrons. The molecular weight excluding hydrogens is 292 g/mol. The van der Waals surface area contributed by atoms with Gasteiger partial charge in [-0.15, -0.1) is 0 Å². The van der Waals surface area contributed by atoms with Crippen LogP contribution in [-0.2, 0) is 13.6 Å². The number of carbonyl (C=O) groups excluding carboxylic acids is 1. The normalized spacial score (nSPS) is 17.9. The zero-order valence-corrected chi connectivity index (χ0v) is 13.5. The first-order valence-electron chi connectivity index (χ1n) is 7.72. The van der Waals surface area contributed by atoms with Gasteiger partial charge in [0.2, 0.25) is 0 Å². The Labute approximate surface area is 135 Å². The Balaban J connectivity index is 1.59. The van der Waals surface area contributed by atoms with Crippen molar-refractivity contribution in [2.24, 2.45) is 7.05 Å². The molecule has 0 saturated carbocycles. The summed E-state index contributed by atoms with van der Waals surface area (Å²) in [7, 11) is 3.95. The maximum Gasteiger partial charge on any atom is 0.255 e. The quantitative estimate of drug-likeness (QED) is 0.900. The molecule has 3 heterocycles. The molecule has 1 fully saturated rings. The van der Waals surface area contributed by atoms with E-state index in [0.717, 1.165) is 25.1 Å². The zero-order chi connectivity index (χ0) is 16.4. The van der Waals surface area contributed by atoms with E-state index < -0.39 is 0 Å². The van der Waals surface area contributed by atoms with Gasteiger partial charge in [0.05, 0.1) is 12.1 Å². The standard InChI is InChI=1S/C16H22N6O/c1-20-7-4-12(9-20)16(23)22-8-5-13(10-22)21(2)11-15-18-6-3-14(17)19-15/h3-4,6-7,9,13H,5,8,10-11H2,1-2H3,(H2,17,18,19). The van der Waals surface area contributed by atoms with Crippen molar-refractivity contribution in [1.82, 2.24) is 24.3 Å². The third kappa shape index (κ3) is 3.50. The van der Waals surface area contributed by atoms with Crippen LogP contribution >= 0.6 is 0 Å². The summed E-state index contributed by atoms with van der Waals surface area (Å²) in [5, 5.41) is 0. The summed E-state index contributed by atoms with van der Waals surface area (Å²) in [5.41, 5.74) is 6.44. The number of likely N-dealkylation sites (tertiary alicyclic amines) is 1. The van der Waals surface area contributed by atoms with E-state index in [1.54, 1.807) is 12.3 Å². The number of aryl methyl sites for hydroxylation is 1. The fourth-order valence-corrected chi connectivity index (χ4v) is 2.94. The molecule has 23 heavy (non-hydrogen) atoms. The average molecular weight is 314 g/mol. The van der Waals surface area contributed by atoms with Crippen LogP contribution in [0.25, 0.3) is 0 Å². The van der Waals surface area contributed by atoms with E-state index in [1.807, 2.05) is 42.0 Å². The summed E-state index contributed by atoms with van der Waals surface area (Å²) in [4.78, 5) is 25.1. The van der Waals surface area contributed by atoms with Crippen LogP contribution in [-0.4, -0.2) is 56.4 Å². The Morgan fingerprint density at radius 2 is 2.30 bits per heavy atom. The molecule has 1 aliphatic rings. The fraction of sp³-hybridized carbons (Fsp3) is 0.438. The second-order valence-electron chi connectivity index (χ2n) is 6.07. The minimum absolute atomic E-state index is 0.0988. The van der Waals surface area contributed by atoms with E-state index in [0.29, 0.717) is 24.2 Å². The largest absolute Gasteiger partial charge is 0.384 e. The topological polar surface area (TPSA) is 80.3 Å². The molecule has 0 spiro atoms. The Morgan fingerprint density at radius 3 is 3.00 bits per heavy atom. The molecule has 122 valence electrons. The number of hydrogen-bond acceptors (Lipinski definition) is 5. The van der Waals surface area contributed by atoms with Crippen molar-refractivity contribution in [2.75, 3.05) is 25.9 Å². The lowest BCUT2D eigenvalue weighted by atomic mass is 10.2. The Morgan fingerprint density at radius 1 is 1.48 bits per heavy atom. The lowest BCUT2D eigenvalue weighted by Crippen LogP contribution is -2.36. The lowest BCUT2D eigenvalue weighted by Gasteiger charge is -2.24. The fourth-order valence-electron chi connectivity index (χ4n) is 2.94. The molecule has 0 aliphatic carbocycles. The molecule has 0 bridgehead atoms. The van der Waals surface area contributed by atoms with Gasteiger partial charge in [-0.05, 0) is 25.6 Å². The highest BCUT2D eigenvalue weighted by Crippen LogP contribution is 2.18. The number of anilines is 1. The van der Waals surface area contributed by atoms with Gasteiger partial charge < -0.3 is 15.2 Å². The van der Waals surface area contributed by atoms with Crippen LogP contribution in [0.1, 0.15) is 22.6 Å². The van der Waals surface area contributed by atoms with Crippen LogP contribution in [0.5, 0.6) is 0 Å². The molecule has 1 aliphatic heterocycles. The van der Waals surface area contributed by atoms with Gasteiger partial charge in [-0.25, -0.2) is 9.97 Å². The summed E-state index contributed by atoms with van der Waals surface area (Å²) in [6.45, 7) is 2.14. The number of rotatable bonds is 4. The number of aromatic nitrogens is 3. The first-order valence-corrected chi connectivity index (χ1v) is 7.72. The number of hydrogen-bond donors (Lipinski definition) is 1. The summed E-state index contributed by atoms with van der Waals surface area (Å²) in [6, 6.07) is 3.85. The van der Waals surface area contributed by atoms with Gasteiger partial charge in [0.15, 0.2) is 0 Å². The molecule has 2 aromatic heterocycles. The lowest BCUT2D eigenvalue weighted by molar-refractivity contribution is 0.0779. The third-order valence-electron chi connectivity index (χ3n) is 4.27. The number of carbonyl (C=O) groups is 1. The van der Waals surface area contributed by atoms with Gasteiger partial charge >= 0.3 is 0 Å². The van der Waals surface area contributed by atoms with Crippen molar-refractivity contribution in [2.45, 2.75) is 19.0 Å². The highest BCUT2D eigenvalue weighted by molar-refractivity contribution is 5.94. The zero-order valence-electron chi connectivity index (χ0n) is 13.5. The summed E-state index contributed by atoms with van der Waals surface area (Å²) < 4.78 is 1.89. The summed E-state index contributed by atoms with van der Waals surface area (Å²) in [6.07, 6.45) is 6.38. The van der Waals surface area contributed by atoms with E-state index in [9.17, 15) is 4.79 Å². The highest BCUT2D eigenvalue weighted by Gasteiger charge is 2.29. The molecule has 3 rings (SSSR count). The summed E-state index contributed by atoms with van der Waals surface area (Å²) in [5.74, 6) is 1.29. The van der Waals surface area contributed by atoms with Gasteiger partial charge in [-0.2, -0.15) is 0 Å². The van der Waals surface area contributed by atoms with Gasteiger partial charge in [0, 0.05) is 44.8 Å². The molecule has 2 aromatic rings. The maximum absolute atomic E-state index is 12.5. The molecular formula is C16H22N6O. The van der Waals surface area contributed by atoms with Crippen LogP contribution in [0, 0.1) is 0 Å². The van der Waals surface area contributed by atoms with E-state index >= 15 is 0 Å².